The van der Waals surface area contributed by atoms with E-state index in [2.05, 4.69) is 0 Å². The number of hydrogen-bond acceptors (Lipinski definition) is 3. The van der Waals surface area contributed by atoms with Crippen molar-refractivity contribution in [2.75, 3.05) is 6.61 Å². The molecule has 0 aliphatic heterocycles. The predicted molar refractivity (Wildman–Crippen MR) is 72.5 cm³/mol. The molecule has 4 fully saturated rings. The van der Waals surface area contributed by atoms with E-state index in [-0.39, 0.29) is 11.4 Å². The Hall–Kier alpha value is -0.570. The van der Waals surface area contributed by atoms with Crippen LogP contribution in [0.25, 0.3) is 0 Å². The van der Waals surface area contributed by atoms with E-state index in [1.807, 2.05) is 0 Å². The number of rotatable bonds is 4. The van der Waals surface area contributed by atoms with Crippen LogP contribution in [0.2, 0.25) is 0 Å². The molecule has 0 aromatic carbocycles. The average molecular weight is 266 g/mol. The lowest BCUT2D eigenvalue weighted by molar-refractivity contribution is -0.172. The van der Waals surface area contributed by atoms with E-state index >= 15 is 0 Å². The summed E-state index contributed by atoms with van der Waals surface area (Å²) in [4.78, 5) is 12.5. The van der Waals surface area contributed by atoms with Gasteiger partial charge in [0.1, 0.15) is 0 Å². The van der Waals surface area contributed by atoms with Crippen LogP contribution >= 0.6 is 0 Å². The van der Waals surface area contributed by atoms with Crippen LogP contribution in [0.3, 0.4) is 0 Å². The van der Waals surface area contributed by atoms with Gasteiger partial charge in [-0.2, -0.15) is 0 Å². The Morgan fingerprint density at radius 1 is 1.16 bits per heavy atom. The van der Waals surface area contributed by atoms with Crippen LogP contribution in [0.4, 0.5) is 0 Å². The second kappa shape index (κ2) is 4.47. The minimum Gasteiger partial charge on any atom is -0.465 e. The Morgan fingerprint density at radius 2 is 1.63 bits per heavy atom. The number of ether oxygens (including phenoxy) is 1. The lowest BCUT2D eigenvalue weighted by Crippen LogP contribution is -2.50. The number of esters is 1. The molecule has 0 atom stereocenters. The third-order valence-electron chi connectivity index (χ3n) is 5.42. The van der Waals surface area contributed by atoms with Gasteiger partial charge in [0.05, 0.1) is 17.6 Å². The molecule has 0 radical (unpaired) electrons. The highest BCUT2D eigenvalue weighted by molar-refractivity contribution is 5.77. The number of carbonyl (C=O) groups excluding carboxylic acids is 1. The van der Waals surface area contributed by atoms with Crippen molar-refractivity contribution in [3.05, 3.63) is 0 Å². The zero-order valence-electron chi connectivity index (χ0n) is 12.2. The van der Waals surface area contributed by atoms with Gasteiger partial charge in [-0.15, -0.1) is 0 Å². The maximum atomic E-state index is 12.5. The van der Waals surface area contributed by atoms with Crippen LogP contribution in [-0.2, 0) is 9.53 Å². The largest absolute Gasteiger partial charge is 0.465 e. The highest BCUT2D eigenvalue weighted by atomic mass is 16.5. The van der Waals surface area contributed by atoms with E-state index in [1.165, 1.54) is 19.3 Å². The van der Waals surface area contributed by atoms with Crippen LogP contribution < -0.4 is 0 Å². The van der Waals surface area contributed by atoms with Crippen molar-refractivity contribution in [2.45, 2.75) is 64.4 Å². The van der Waals surface area contributed by atoms with Crippen molar-refractivity contribution in [3.63, 3.8) is 0 Å². The second-order valence-electron chi connectivity index (χ2n) is 7.90. The minimum atomic E-state index is -0.748. The molecule has 3 heteroatoms. The normalized spacial score (nSPS) is 40.5. The van der Waals surface area contributed by atoms with Gasteiger partial charge < -0.3 is 9.84 Å². The van der Waals surface area contributed by atoms with Gasteiger partial charge in [0.25, 0.3) is 0 Å². The summed E-state index contributed by atoms with van der Waals surface area (Å²) in [6.07, 6.45) is 7.72. The summed E-state index contributed by atoms with van der Waals surface area (Å²) in [6, 6.07) is 0. The lowest BCUT2D eigenvalue weighted by atomic mass is 9.49. The van der Waals surface area contributed by atoms with E-state index in [9.17, 15) is 9.90 Å². The van der Waals surface area contributed by atoms with Crippen LogP contribution in [0.5, 0.6) is 0 Å². The summed E-state index contributed by atoms with van der Waals surface area (Å²) in [5.41, 5.74) is -0.907. The van der Waals surface area contributed by atoms with Gasteiger partial charge in [0.2, 0.25) is 0 Å². The van der Waals surface area contributed by atoms with Crippen molar-refractivity contribution < 1.29 is 14.6 Å². The summed E-state index contributed by atoms with van der Waals surface area (Å²) in [5.74, 6) is 2.34. The monoisotopic (exact) mass is 266 g/mol. The molecule has 0 aromatic rings. The molecule has 0 amide bonds. The molecule has 4 aliphatic rings. The first-order chi connectivity index (χ1) is 8.86. The van der Waals surface area contributed by atoms with Crippen molar-refractivity contribution in [1.29, 1.82) is 0 Å². The first-order valence-corrected chi connectivity index (χ1v) is 7.76. The van der Waals surface area contributed by atoms with Gasteiger partial charge in [-0.3, -0.25) is 4.79 Å². The maximum Gasteiger partial charge on any atom is 0.312 e. The molecule has 0 saturated heterocycles. The second-order valence-corrected chi connectivity index (χ2v) is 7.90. The molecule has 19 heavy (non-hydrogen) atoms. The van der Waals surface area contributed by atoms with Crippen LogP contribution in [0.15, 0.2) is 0 Å². The average Bonchev–Trinajstić information content (AvgIpc) is 2.25. The molecule has 108 valence electrons. The van der Waals surface area contributed by atoms with Crippen molar-refractivity contribution in [3.8, 4) is 0 Å². The topological polar surface area (TPSA) is 46.5 Å². The Morgan fingerprint density at radius 3 is 2.05 bits per heavy atom. The summed E-state index contributed by atoms with van der Waals surface area (Å²) >= 11 is 0. The van der Waals surface area contributed by atoms with Crippen molar-refractivity contribution in [2.24, 2.45) is 23.2 Å². The molecule has 1 N–H and O–H groups in total. The van der Waals surface area contributed by atoms with Gasteiger partial charge in [0.15, 0.2) is 0 Å². The maximum absolute atomic E-state index is 12.5. The van der Waals surface area contributed by atoms with E-state index < -0.39 is 5.60 Å². The van der Waals surface area contributed by atoms with Gasteiger partial charge in [-0.05, 0) is 70.1 Å². The highest BCUT2D eigenvalue weighted by Gasteiger charge is 2.55. The predicted octanol–water partition coefficient (Wildman–Crippen LogP) is 2.91. The van der Waals surface area contributed by atoms with Crippen LogP contribution in [0.1, 0.15) is 58.8 Å². The highest BCUT2D eigenvalue weighted by Crippen LogP contribution is 2.60. The first-order valence-electron chi connectivity index (χ1n) is 7.76. The van der Waals surface area contributed by atoms with Gasteiger partial charge >= 0.3 is 5.97 Å². The number of aliphatic hydroxyl groups is 1. The fraction of sp³-hybridized carbons (Fsp3) is 0.938. The molecule has 0 unspecified atom stereocenters. The minimum absolute atomic E-state index is 0.0239. The molecule has 0 aromatic heterocycles. The molecule has 4 bridgehead atoms. The van der Waals surface area contributed by atoms with E-state index in [4.69, 9.17) is 4.74 Å². The molecular weight excluding hydrogens is 240 g/mol. The van der Waals surface area contributed by atoms with E-state index in [0.29, 0.717) is 13.0 Å². The third-order valence-corrected chi connectivity index (χ3v) is 5.42. The van der Waals surface area contributed by atoms with Gasteiger partial charge in [-0.1, -0.05) is 0 Å². The Balaban J connectivity index is 1.60. The zero-order valence-corrected chi connectivity index (χ0v) is 12.2. The van der Waals surface area contributed by atoms with E-state index in [0.717, 1.165) is 37.0 Å². The SMILES string of the molecule is CC(C)(O)CCOC(=O)C12CC3CC(CC(C3)C1)C2. The Kier molecular flexibility index (Phi) is 3.16. The number of hydrogen-bond donors (Lipinski definition) is 1. The smallest absolute Gasteiger partial charge is 0.312 e. The summed E-state index contributed by atoms with van der Waals surface area (Å²) in [6.45, 7) is 3.86. The summed E-state index contributed by atoms with van der Waals surface area (Å²) in [5, 5.41) is 9.67. The summed E-state index contributed by atoms with van der Waals surface area (Å²) in [7, 11) is 0. The fourth-order valence-electron chi connectivity index (χ4n) is 4.91. The molecule has 0 spiro atoms. The Labute approximate surface area is 115 Å². The van der Waals surface area contributed by atoms with Crippen LogP contribution in [0, 0.1) is 23.2 Å². The Bertz CT molecular complexity index is 331. The summed E-state index contributed by atoms with van der Waals surface area (Å²) < 4.78 is 5.50. The number of carbonyl (C=O) groups is 1. The standard InChI is InChI=1S/C16H26O3/c1-15(2,18)3-4-19-14(17)16-8-11-5-12(9-16)7-13(6-11)10-16/h11-13,18H,3-10H2,1-2H3. The van der Waals surface area contributed by atoms with E-state index in [1.54, 1.807) is 13.8 Å². The van der Waals surface area contributed by atoms with Crippen molar-refractivity contribution in [1.82, 2.24) is 0 Å². The first kappa shape index (κ1) is 13.4. The van der Waals surface area contributed by atoms with Gasteiger partial charge in [-0.25, -0.2) is 0 Å². The molecule has 4 aliphatic carbocycles. The zero-order chi connectivity index (χ0) is 13.7. The van der Waals surface area contributed by atoms with Crippen LogP contribution in [-0.4, -0.2) is 23.3 Å². The molecule has 4 saturated carbocycles. The molecule has 0 heterocycles. The molecular formula is C16H26O3. The molecule has 4 rings (SSSR count). The van der Waals surface area contributed by atoms with Crippen molar-refractivity contribution >= 4 is 5.97 Å². The molecule has 3 nitrogen and oxygen atoms in total. The third kappa shape index (κ3) is 2.67. The fourth-order valence-corrected chi connectivity index (χ4v) is 4.91. The van der Waals surface area contributed by atoms with Gasteiger partial charge in [0, 0.05) is 6.42 Å². The quantitative estimate of drug-likeness (QED) is 0.796. The lowest BCUT2D eigenvalue weighted by Gasteiger charge is -2.55.